The molecule has 1 unspecified atom stereocenters. The van der Waals surface area contributed by atoms with Gasteiger partial charge in [0.15, 0.2) is 0 Å². The van der Waals surface area contributed by atoms with E-state index >= 15 is 0 Å². The molecule has 1 aromatic rings. The summed E-state index contributed by atoms with van der Waals surface area (Å²) >= 11 is 0. The zero-order chi connectivity index (χ0) is 11.6. The van der Waals surface area contributed by atoms with E-state index in [1.807, 2.05) is 13.1 Å². The standard InChI is InChI=1S/C12H17FN2O/c1-15-6-7-16-9-12(15,8-14)10-4-2-3-5-11(10)13/h2-5H,6-9,14H2,1H3. The summed E-state index contributed by atoms with van der Waals surface area (Å²) in [7, 11) is 1.96. The van der Waals surface area contributed by atoms with Crippen molar-refractivity contribution in [2.45, 2.75) is 5.54 Å². The Morgan fingerprint density at radius 1 is 1.50 bits per heavy atom. The van der Waals surface area contributed by atoms with Gasteiger partial charge in [-0.3, -0.25) is 4.90 Å². The van der Waals surface area contributed by atoms with E-state index < -0.39 is 5.54 Å². The second-order valence-electron chi connectivity index (χ2n) is 4.19. The Balaban J connectivity index is 2.44. The first-order valence-corrected chi connectivity index (χ1v) is 5.45. The molecule has 1 heterocycles. The van der Waals surface area contributed by atoms with Crippen molar-refractivity contribution < 1.29 is 9.13 Å². The Morgan fingerprint density at radius 3 is 2.88 bits per heavy atom. The predicted molar refractivity (Wildman–Crippen MR) is 60.6 cm³/mol. The molecular weight excluding hydrogens is 207 g/mol. The first kappa shape index (κ1) is 11.5. The molecule has 88 valence electrons. The molecule has 1 saturated heterocycles. The summed E-state index contributed by atoms with van der Waals surface area (Å²) in [5, 5.41) is 0. The van der Waals surface area contributed by atoms with Crippen molar-refractivity contribution in [3.05, 3.63) is 35.6 Å². The minimum absolute atomic E-state index is 0.217. The molecule has 1 fully saturated rings. The van der Waals surface area contributed by atoms with Crippen LogP contribution in [0.3, 0.4) is 0 Å². The number of ether oxygens (including phenoxy) is 1. The summed E-state index contributed by atoms with van der Waals surface area (Å²) in [5.74, 6) is -0.217. The Labute approximate surface area is 95.0 Å². The molecule has 3 nitrogen and oxygen atoms in total. The molecule has 1 aliphatic heterocycles. The van der Waals surface area contributed by atoms with Crippen LogP contribution in [0, 0.1) is 5.82 Å². The minimum atomic E-state index is -0.524. The number of nitrogens with two attached hydrogens (primary N) is 1. The molecule has 1 aromatic carbocycles. The Morgan fingerprint density at radius 2 is 2.25 bits per heavy atom. The molecule has 1 atom stereocenters. The highest BCUT2D eigenvalue weighted by Crippen LogP contribution is 2.31. The van der Waals surface area contributed by atoms with Crippen molar-refractivity contribution in [3.8, 4) is 0 Å². The molecule has 2 rings (SSSR count). The van der Waals surface area contributed by atoms with Crippen molar-refractivity contribution in [3.63, 3.8) is 0 Å². The third-order valence-corrected chi connectivity index (χ3v) is 3.36. The maximum absolute atomic E-state index is 13.8. The molecule has 16 heavy (non-hydrogen) atoms. The summed E-state index contributed by atoms with van der Waals surface area (Å²) in [5.41, 5.74) is 5.94. The lowest BCUT2D eigenvalue weighted by molar-refractivity contribution is -0.0564. The van der Waals surface area contributed by atoms with Crippen LogP contribution in [-0.2, 0) is 10.3 Å². The van der Waals surface area contributed by atoms with Crippen LogP contribution >= 0.6 is 0 Å². The van der Waals surface area contributed by atoms with Crippen LogP contribution in [0.5, 0.6) is 0 Å². The van der Waals surface area contributed by atoms with Crippen molar-refractivity contribution in [1.29, 1.82) is 0 Å². The van der Waals surface area contributed by atoms with Gasteiger partial charge in [-0.25, -0.2) is 4.39 Å². The third-order valence-electron chi connectivity index (χ3n) is 3.36. The van der Waals surface area contributed by atoms with Gasteiger partial charge in [0.25, 0.3) is 0 Å². The molecular formula is C12H17FN2O. The second-order valence-corrected chi connectivity index (χ2v) is 4.19. The van der Waals surface area contributed by atoms with Crippen LogP contribution in [0.2, 0.25) is 0 Å². The van der Waals surface area contributed by atoms with E-state index in [-0.39, 0.29) is 5.82 Å². The minimum Gasteiger partial charge on any atom is -0.378 e. The zero-order valence-corrected chi connectivity index (χ0v) is 9.45. The monoisotopic (exact) mass is 224 g/mol. The van der Waals surface area contributed by atoms with E-state index in [1.54, 1.807) is 12.1 Å². The summed E-state index contributed by atoms with van der Waals surface area (Å²) in [4.78, 5) is 2.08. The van der Waals surface area contributed by atoms with Crippen LogP contribution in [0.15, 0.2) is 24.3 Å². The maximum Gasteiger partial charge on any atom is 0.128 e. The molecule has 0 radical (unpaired) electrons. The fourth-order valence-corrected chi connectivity index (χ4v) is 2.21. The molecule has 0 aromatic heterocycles. The van der Waals surface area contributed by atoms with Gasteiger partial charge in [0.05, 0.1) is 18.8 Å². The summed E-state index contributed by atoms with van der Waals surface area (Å²) in [6, 6.07) is 6.77. The number of halogens is 1. The van der Waals surface area contributed by atoms with Gasteiger partial charge >= 0.3 is 0 Å². The van der Waals surface area contributed by atoms with Gasteiger partial charge in [0, 0.05) is 18.7 Å². The Bertz CT molecular complexity index is 372. The predicted octanol–water partition coefficient (Wildman–Crippen LogP) is 0.942. The number of likely N-dealkylation sites (N-methyl/N-ethyl adjacent to an activating group) is 1. The smallest absolute Gasteiger partial charge is 0.128 e. The lowest BCUT2D eigenvalue weighted by Gasteiger charge is -2.44. The van der Waals surface area contributed by atoms with Crippen molar-refractivity contribution in [2.24, 2.45) is 5.73 Å². The second kappa shape index (κ2) is 4.49. The lowest BCUT2D eigenvalue weighted by atomic mass is 9.87. The normalized spacial score (nSPS) is 26.9. The van der Waals surface area contributed by atoms with Gasteiger partial charge in [0.2, 0.25) is 0 Å². The first-order valence-electron chi connectivity index (χ1n) is 5.45. The van der Waals surface area contributed by atoms with Crippen LogP contribution in [-0.4, -0.2) is 38.3 Å². The first-order chi connectivity index (χ1) is 7.70. The average Bonchev–Trinajstić information content (AvgIpc) is 2.31. The quantitative estimate of drug-likeness (QED) is 0.812. The molecule has 0 aliphatic carbocycles. The van der Waals surface area contributed by atoms with Gasteiger partial charge in [-0.15, -0.1) is 0 Å². The van der Waals surface area contributed by atoms with Crippen LogP contribution in [0.25, 0.3) is 0 Å². The number of benzene rings is 1. The SMILES string of the molecule is CN1CCOCC1(CN)c1ccccc1F. The topological polar surface area (TPSA) is 38.5 Å². The molecule has 0 bridgehead atoms. The summed E-state index contributed by atoms with van der Waals surface area (Å²) < 4.78 is 19.3. The summed E-state index contributed by atoms with van der Waals surface area (Å²) in [6.07, 6.45) is 0. The molecule has 1 aliphatic rings. The number of rotatable bonds is 2. The van der Waals surface area contributed by atoms with E-state index in [2.05, 4.69) is 4.90 Å². The number of hydrogen-bond acceptors (Lipinski definition) is 3. The van der Waals surface area contributed by atoms with Gasteiger partial charge < -0.3 is 10.5 Å². The highest BCUT2D eigenvalue weighted by molar-refractivity contribution is 5.27. The fourth-order valence-electron chi connectivity index (χ4n) is 2.21. The zero-order valence-electron chi connectivity index (χ0n) is 9.45. The Kier molecular flexibility index (Phi) is 3.23. The number of hydrogen-bond donors (Lipinski definition) is 1. The van der Waals surface area contributed by atoms with Crippen LogP contribution < -0.4 is 5.73 Å². The van der Waals surface area contributed by atoms with Gasteiger partial charge in [-0.05, 0) is 13.1 Å². The van der Waals surface area contributed by atoms with Crippen LogP contribution in [0.4, 0.5) is 4.39 Å². The van der Waals surface area contributed by atoms with Crippen molar-refractivity contribution in [1.82, 2.24) is 4.90 Å². The number of morpholine rings is 1. The highest BCUT2D eigenvalue weighted by Gasteiger charge is 2.39. The molecule has 2 N–H and O–H groups in total. The maximum atomic E-state index is 13.8. The molecule has 0 saturated carbocycles. The van der Waals surface area contributed by atoms with Crippen molar-refractivity contribution >= 4 is 0 Å². The number of nitrogens with zero attached hydrogens (tertiary/aromatic N) is 1. The van der Waals surface area contributed by atoms with Crippen LogP contribution in [0.1, 0.15) is 5.56 Å². The van der Waals surface area contributed by atoms with E-state index in [9.17, 15) is 4.39 Å². The molecule has 0 spiro atoms. The van der Waals surface area contributed by atoms with E-state index in [0.717, 1.165) is 6.54 Å². The highest BCUT2D eigenvalue weighted by atomic mass is 19.1. The lowest BCUT2D eigenvalue weighted by Crippen LogP contribution is -2.57. The summed E-state index contributed by atoms with van der Waals surface area (Å²) in [6.45, 7) is 2.24. The van der Waals surface area contributed by atoms with E-state index in [1.165, 1.54) is 6.07 Å². The molecule has 4 heteroatoms. The third kappa shape index (κ3) is 1.73. The van der Waals surface area contributed by atoms with E-state index in [4.69, 9.17) is 10.5 Å². The van der Waals surface area contributed by atoms with Gasteiger partial charge in [-0.1, -0.05) is 18.2 Å². The fraction of sp³-hybridized carbons (Fsp3) is 0.500. The largest absolute Gasteiger partial charge is 0.378 e. The molecule has 0 amide bonds. The van der Waals surface area contributed by atoms with Gasteiger partial charge in [-0.2, -0.15) is 0 Å². The Hall–Kier alpha value is -0.970. The van der Waals surface area contributed by atoms with E-state index in [0.29, 0.717) is 25.3 Å². The average molecular weight is 224 g/mol. The van der Waals surface area contributed by atoms with Crippen molar-refractivity contribution in [2.75, 3.05) is 33.4 Å². The van der Waals surface area contributed by atoms with Gasteiger partial charge in [0.1, 0.15) is 5.82 Å².